The fourth-order valence-corrected chi connectivity index (χ4v) is 3.19. The van der Waals surface area contributed by atoms with E-state index in [1.54, 1.807) is 24.3 Å². The molecule has 0 bridgehead atoms. The van der Waals surface area contributed by atoms with Gasteiger partial charge >= 0.3 is 6.18 Å². The zero-order chi connectivity index (χ0) is 18.9. The predicted octanol–water partition coefficient (Wildman–Crippen LogP) is 2.88. The van der Waals surface area contributed by atoms with Crippen molar-refractivity contribution in [3.63, 3.8) is 0 Å². The number of fused-ring (bicyclic) bond motifs is 1. The summed E-state index contributed by atoms with van der Waals surface area (Å²) in [6.45, 7) is 1.27. The number of hydrogen-bond acceptors (Lipinski definition) is 5. The summed E-state index contributed by atoms with van der Waals surface area (Å²) in [5.41, 5.74) is 0.153. The van der Waals surface area contributed by atoms with E-state index in [4.69, 9.17) is 0 Å². The second kappa shape index (κ2) is 6.94. The molecule has 1 aromatic carbocycles. The topological polar surface area (TPSA) is 75.2 Å². The molecule has 0 spiro atoms. The van der Waals surface area contributed by atoms with E-state index >= 15 is 0 Å². The molecule has 0 unspecified atom stereocenters. The van der Waals surface area contributed by atoms with Crippen LogP contribution in [0.25, 0.3) is 0 Å². The molecule has 136 valence electrons. The lowest BCUT2D eigenvalue weighted by Crippen LogP contribution is -2.43. The Labute approximate surface area is 150 Å². The van der Waals surface area contributed by atoms with Crippen LogP contribution in [0.2, 0.25) is 0 Å². The van der Waals surface area contributed by atoms with E-state index in [0.29, 0.717) is 11.4 Å². The Morgan fingerprint density at radius 1 is 1.31 bits per heavy atom. The first-order chi connectivity index (χ1) is 12.2. The van der Waals surface area contributed by atoms with Crippen molar-refractivity contribution >= 4 is 35.0 Å². The van der Waals surface area contributed by atoms with Crippen LogP contribution < -0.4 is 10.2 Å². The third-order valence-electron chi connectivity index (χ3n) is 3.52. The molecule has 0 atom stereocenters. The number of rotatable bonds is 3. The number of alkyl halides is 3. The zero-order valence-corrected chi connectivity index (χ0v) is 14.3. The molecule has 2 heterocycles. The third-order valence-corrected chi connectivity index (χ3v) is 4.35. The fraction of sp³-hybridized carbons (Fsp3) is 0.250. The van der Waals surface area contributed by atoms with Crippen molar-refractivity contribution in [2.45, 2.75) is 18.3 Å². The maximum absolute atomic E-state index is 12.8. The number of anilines is 2. The summed E-state index contributed by atoms with van der Waals surface area (Å²) in [4.78, 5) is 32.9. The van der Waals surface area contributed by atoms with Gasteiger partial charge in [-0.1, -0.05) is 23.9 Å². The normalized spacial score (nSPS) is 14.0. The lowest BCUT2D eigenvalue weighted by molar-refractivity contribution is -0.141. The predicted molar refractivity (Wildman–Crippen MR) is 89.9 cm³/mol. The summed E-state index contributed by atoms with van der Waals surface area (Å²) in [7, 11) is 0. The molecule has 1 aliphatic heterocycles. The van der Waals surface area contributed by atoms with Crippen molar-refractivity contribution in [3.8, 4) is 0 Å². The second-order valence-corrected chi connectivity index (χ2v) is 6.45. The van der Waals surface area contributed by atoms with Crippen LogP contribution in [0.5, 0.6) is 0 Å². The summed E-state index contributed by atoms with van der Waals surface area (Å²) in [6, 6.07) is 7.64. The number of thioether (sulfide) groups is 1. The number of carbonyl (C=O) groups is 2. The van der Waals surface area contributed by atoms with Gasteiger partial charge in [-0.3, -0.25) is 9.59 Å². The van der Waals surface area contributed by atoms with Gasteiger partial charge in [0, 0.05) is 5.69 Å². The van der Waals surface area contributed by atoms with Crippen molar-refractivity contribution in [1.82, 2.24) is 9.97 Å². The number of aryl methyl sites for hydroxylation is 1. The maximum atomic E-state index is 12.8. The number of aromatic nitrogens is 2. The molecule has 1 aliphatic rings. The summed E-state index contributed by atoms with van der Waals surface area (Å²) >= 11 is 0.797. The minimum atomic E-state index is -4.59. The first-order valence-corrected chi connectivity index (χ1v) is 8.47. The smallest absolute Gasteiger partial charge is 0.323 e. The average molecular weight is 382 g/mol. The highest BCUT2D eigenvalue weighted by Gasteiger charge is 2.33. The van der Waals surface area contributed by atoms with Crippen LogP contribution in [0.4, 0.5) is 24.5 Å². The highest BCUT2D eigenvalue weighted by atomic mass is 32.2. The molecule has 3 rings (SSSR count). The number of hydrogen-bond donors (Lipinski definition) is 1. The lowest BCUT2D eigenvalue weighted by atomic mass is 10.2. The van der Waals surface area contributed by atoms with Crippen molar-refractivity contribution in [3.05, 3.63) is 41.7 Å². The molecule has 26 heavy (non-hydrogen) atoms. The number of para-hydroxylation sites is 2. The quantitative estimate of drug-likeness (QED) is 0.653. The molecule has 0 fully saturated rings. The van der Waals surface area contributed by atoms with Crippen LogP contribution in [-0.4, -0.2) is 34.1 Å². The molecule has 0 saturated heterocycles. The standard InChI is InChI=1S/C16H13F3N4O2S/c1-9-6-12(16(17,18)19)22-15(20-9)26-8-14(25)23-7-13(24)21-10-4-2-3-5-11(10)23/h2-6H,7-8H2,1H3,(H,21,24). The molecule has 6 nitrogen and oxygen atoms in total. The molecule has 1 aromatic heterocycles. The molecular weight excluding hydrogens is 369 g/mol. The summed E-state index contributed by atoms with van der Waals surface area (Å²) < 4.78 is 38.5. The average Bonchev–Trinajstić information content (AvgIpc) is 2.57. The Kier molecular flexibility index (Phi) is 4.86. The molecular formula is C16H13F3N4O2S. The van der Waals surface area contributed by atoms with Gasteiger partial charge in [0.1, 0.15) is 12.2 Å². The van der Waals surface area contributed by atoms with Gasteiger partial charge in [-0.05, 0) is 25.1 Å². The van der Waals surface area contributed by atoms with Gasteiger partial charge in [-0.25, -0.2) is 9.97 Å². The largest absolute Gasteiger partial charge is 0.433 e. The third kappa shape index (κ3) is 3.96. The van der Waals surface area contributed by atoms with E-state index in [2.05, 4.69) is 15.3 Å². The van der Waals surface area contributed by atoms with E-state index in [1.165, 1.54) is 11.8 Å². The lowest BCUT2D eigenvalue weighted by Gasteiger charge is -2.29. The Morgan fingerprint density at radius 2 is 2.04 bits per heavy atom. The number of halogens is 3. The summed E-state index contributed by atoms with van der Waals surface area (Å²) in [5, 5.41) is 2.52. The zero-order valence-electron chi connectivity index (χ0n) is 13.5. The first-order valence-electron chi connectivity index (χ1n) is 7.49. The molecule has 10 heteroatoms. The maximum Gasteiger partial charge on any atom is 0.433 e. The number of amides is 2. The van der Waals surface area contributed by atoms with Crippen LogP contribution in [0.15, 0.2) is 35.5 Å². The molecule has 2 amide bonds. The van der Waals surface area contributed by atoms with Crippen LogP contribution in [0.1, 0.15) is 11.4 Å². The van der Waals surface area contributed by atoms with Crippen molar-refractivity contribution in [1.29, 1.82) is 0 Å². The Hall–Kier alpha value is -2.62. The number of carbonyl (C=O) groups excluding carboxylic acids is 2. The van der Waals surface area contributed by atoms with Crippen molar-refractivity contribution < 1.29 is 22.8 Å². The second-order valence-electron chi connectivity index (χ2n) is 5.51. The highest BCUT2D eigenvalue weighted by molar-refractivity contribution is 7.99. The molecule has 0 saturated carbocycles. The van der Waals surface area contributed by atoms with Crippen LogP contribution in [0.3, 0.4) is 0 Å². The Bertz CT molecular complexity index is 873. The van der Waals surface area contributed by atoms with Gasteiger partial charge < -0.3 is 10.2 Å². The highest BCUT2D eigenvalue weighted by Crippen LogP contribution is 2.31. The van der Waals surface area contributed by atoms with E-state index < -0.39 is 17.8 Å². The van der Waals surface area contributed by atoms with Gasteiger partial charge in [0.25, 0.3) is 0 Å². The molecule has 0 aliphatic carbocycles. The SMILES string of the molecule is Cc1cc(C(F)(F)F)nc(SCC(=O)N2CC(=O)Nc3ccccc32)n1. The van der Waals surface area contributed by atoms with Gasteiger partial charge in [0.05, 0.1) is 17.1 Å². The minimum Gasteiger partial charge on any atom is -0.323 e. The fourth-order valence-electron chi connectivity index (χ4n) is 2.41. The summed E-state index contributed by atoms with van der Waals surface area (Å²) in [6.07, 6.45) is -4.59. The van der Waals surface area contributed by atoms with Gasteiger partial charge in [-0.2, -0.15) is 13.2 Å². The monoisotopic (exact) mass is 382 g/mol. The minimum absolute atomic E-state index is 0.138. The van der Waals surface area contributed by atoms with Gasteiger partial charge in [-0.15, -0.1) is 0 Å². The molecule has 1 N–H and O–H groups in total. The number of nitrogens with one attached hydrogen (secondary N) is 1. The van der Waals surface area contributed by atoms with E-state index in [-0.39, 0.29) is 29.1 Å². The van der Waals surface area contributed by atoms with Gasteiger partial charge in [0.15, 0.2) is 5.16 Å². The molecule has 0 radical (unpaired) electrons. The Balaban J connectivity index is 1.76. The van der Waals surface area contributed by atoms with E-state index in [1.807, 2.05) is 0 Å². The Morgan fingerprint density at radius 3 is 2.77 bits per heavy atom. The van der Waals surface area contributed by atoms with Crippen LogP contribution in [-0.2, 0) is 15.8 Å². The number of nitrogens with zero attached hydrogens (tertiary/aromatic N) is 3. The first kappa shape index (κ1) is 18.2. The van der Waals surface area contributed by atoms with Crippen LogP contribution >= 0.6 is 11.8 Å². The van der Waals surface area contributed by atoms with E-state index in [9.17, 15) is 22.8 Å². The van der Waals surface area contributed by atoms with Crippen molar-refractivity contribution in [2.24, 2.45) is 0 Å². The van der Waals surface area contributed by atoms with Crippen molar-refractivity contribution in [2.75, 3.05) is 22.5 Å². The summed E-state index contributed by atoms with van der Waals surface area (Å²) in [5.74, 6) is -0.952. The van der Waals surface area contributed by atoms with Gasteiger partial charge in [0.2, 0.25) is 11.8 Å². The molecule has 2 aromatic rings. The van der Waals surface area contributed by atoms with Crippen LogP contribution in [0, 0.1) is 6.92 Å². The van der Waals surface area contributed by atoms with E-state index in [0.717, 1.165) is 17.8 Å². The number of benzene rings is 1.